The van der Waals surface area contributed by atoms with E-state index in [0.717, 1.165) is 25.7 Å². The number of nitro groups is 1. The first-order valence-electron chi connectivity index (χ1n) is 10.1. The van der Waals surface area contributed by atoms with Crippen LogP contribution in [0.15, 0.2) is 46.3 Å². The molecule has 0 atom stereocenters. The van der Waals surface area contributed by atoms with Crippen LogP contribution in [0.5, 0.6) is 5.75 Å². The van der Waals surface area contributed by atoms with Gasteiger partial charge in [0.2, 0.25) is 5.75 Å². The summed E-state index contributed by atoms with van der Waals surface area (Å²) in [6, 6.07) is 9.89. The first-order valence-corrected chi connectivity index (χ1v) is 10.5. The fourth-order valence-electron chi connectivity index (χ4n) is 4.05. The standard InChI is InChI=1S/C22H21ClN4O4/c1-31-20-15(11-16(23)12-19(20)27(29)30)13-24-26-21(14-7-3-2-4-8-14)25-18-10-6-5-9-17(18)22(26)28/h5-6,9-14H,2-4,7-8H2,1H3. The van der Waals surface area contributed by atoms with Crippen LogP contribution in [0.3, 0.4) is 0 Å². The van der Waals surface area contributed by atoms with E-state index in [1.54, 1.807) is 12.1 Å². The summed E-state index contributed by atoms with van der Waals surface area (Å²) in [6.45, 7) is 0. The predicted molar refractivity (Wildman–Crippen MR) is 119 cm³/mol. The molecule has 0 unspecified atom stereocenters. The molecule has 4 rings (SSSR count). The number of ether oxygens (including phenoxy) is 1. The van der Waals surface area contributed by atoms with Crippen LogP contribution in [0.2, 0.25) is 5.02 Å². The van der Waals surface area contributed by atoms with E-state index in [4.69, 9.17) is 21.3 Å². The highest BCUT2D eigenvalue weighted by molar-refractivity contribution is 6.31. The Kier molecular flexibility index (Phi) is 5.99. The zero-order chi connectivity index (χ0) is 22.0. The molecular formula is C22H21ClN4O4. The molecule has 0 radical (unpaired) electrons. The average Bonchev–Trinajstić information content (AvgIpc) is 2.78. The van der Waals surface area contributed by atoms with Gasteiger partial charge < -0.3 is 4.74 Å². The number of methoxy groups -OCH3 is 1. The topological polar surface area (TPSA) is 99.6 Å². The van der Waals surface area contributed by atoms with Gasteiger partial charge in [0.25, 0.3) is 5.56 Å². The van der Waals surface area contributed by atoms with Gasteiger partial charge in [-0.3, -0.25) is 14.9 Å². The van der Waals surface area contributed by atoms with Gasteiger partial charge in [-0.15, -0.1) is 0 Å². The van der Waals surface area contributed by atoms with Gasteiger partial charge in [-0.1, -0.05) is 43.0 Å². The molecule has 3 aromatic rings. The van der Waals surface area contributed by atoms with Gasteiger partial charge in [0.1, 0.15) is 5.82 Å². The van der Waals surface area contributed by atoms with E-state index >= 15 is 0 Å². The number of para-hydroxylation sites is 1. The van der Waals surface area contributed by atoms with Crippen molar-refractivity contribution in [2.45, 2.75) is 38.0 Å². The molecule has 9 heteroatoms. The van der Waals surface area contributed by atoms with Crippen molar-refractivity contribution in [1.82, 2.24) is 9.66 Å². The summed E-state index contributed by atoms with van der Waals surface area (Å²) in [7, 11) is 1.34. The van der Waals surface area contributed by atoms with Crippen LogP contribution in [0, 0.1) is 10.1 Å². The number of fused-ring (bicyclic) bond motifs is 1. The lowest BCUT2D eigenvalue weighted by Gasteiger charge is -2.22. The van der Waals surface area contributed by atoms with Gasteiger partial charge in [0.15, 0.2) is 0 Å². The van der Waals surface area contributed by atoms with Crippen molar-refractivity contribution in [2.24, 2.45) is 5.10 Å². The van der Waals surface area contributed by atoms with Crippen LogP contribution >= 0.6 is 11.6 Å². The Labute approximate surface area is 183 Å². The number of halogens is 1. The zero-order valence-corrected chi connectivity index (χ0v) is 17.7. The largest absolute Gasteiger partial charge is 0.490 e. The highest BCUT2D eigenvalue weighted by atomic mass is 35.5. The number of aromatic nitrogens is 2. The number of rotatable bonds is 5. The monoisotopic (exact) mass is 440 g/mol. The van der Waals surface area contributed by atoms with E-state index in [9.17, 15) is 14.9 Å². The zero-order valence-electron chi connectivity index (χ0n) is 17.0. The Morgan fingerprint density at radius 2 is 2.00 bits per heavy atom. The maximum absolute atomic E-state index is 13.3. The summed E-state index contributed by atoms with van der Waals surface area (Å²) in [5.74, 6) is 0.758. The molecule has 8 nitrogen and oxygen atoms in total. The summed E-state index contributed by atoms with van der Waals surface area (Å²) in [4.78, 5) is 28.8. The van der Waals surface area contributed by atoms with E-state index in [0.29, 0.717) is 22.3 Å². The second-order valence-corrected chi connectivity index (χ2v) is 7.92. The molecular weight excluding hydrogens is 420 g/mol. The molecule has 1 saturated carbocycles. The molecule has 1 fully saturated rings. The van der Waals surface area contributed by atoms with Crippen molar-refractivity contribution in [2.75, 3.05) is 7.11 Å². The predicted octanol–water partition coefficient (Wildman–Crippen LogP) is 4.90. The molecule has 0 amide bonds. The Hall–Kier alpha value is -3.26. The summed E-state index contributed by atoms with van der Waals surface area (Å²) < 4.78 is 6.54. The van der Waals surface area contributed by atoms with E-state index in [1.165, 1.54) is 36.6 Å². The average molecular weight is 441 g/mol. The first kappa shape index (κ1) is 21.0. The van der Waals surface area contributed by atoms with Crippen molar-refractivity contribution in [1.29, 1.82) is 0 Å². The second-order valence-electron chi connectivity index (χ2n) is 7.49. The molecule has 1 aliphatic rings. The van der Waals surface area contributed by atoms with Gasteiger partial charge in [0.05, 0.1) is 29.2 Å². The molecule has 1 aliphatic carbocycles. The number of hydrogen-bond acceptors (Lipinski definition) is 6. The smallest absolute Gasteiger partial charge is 0.313 e. The molecule has 2 aromatic carbocycles. The summed E-state index contributed by atoms with van der Waals surface area (Å²) >= 11 is 6.06. The van der Waals surface area contributed by atoms with E-state index in [2.05, 4.69) is 5.10 Å². The van der Waals surface area contributed by atoms with Crippen LogP contribution in [-0.2, 0) is 0 Å². The van der Waals surface area contributed by atoms with Crippen molar-refractivity contribution < 1.29 is 9.66 Å². The Bertz CT molecular complexity index is 1230. The lowest BCUT2D eigenvalue weighted by atomic mass is 9.88. The molecule has 160 valence electrons. The van der Waals surface area contributed by atoms with Gasteiger partial charge in [-0.25, -0.2) is 4.98 Å². The normalized spacial score (nSPS) is 14.9. The SMILES string of the molecule is COc1c(C=Nn2c(C3CCCCC3)nc3ccccc3c2=O)cc(Cl)cc1[N+](=O)[O-]. The van der Waals surface area contributed by atoms with Gasteiger partial charge in [-0.2, -0.15) is 9.78 Å². The van der Waals surface area contributed by atoms with Crippen LogP contribution in [0.1, 0.15) is 49.4 Å². The first-order chi connectivity index (χ1) is 15.0. The molecule has 0 bridgehead atoms. The van der Waals surface area contributed by atoms with Crippen molar-refractivity contribution in [3.63, 3.8) is 0 Å². The molecule has 0 spiro atoms. The van der Waals surface area contributed by atoms with Crippen LogP contribution in [0.4, 0.5) is 5.69 Å². The van der Waals surface area contributed by atoms with Crippen molar-refractivity contribution >= 4 is 34.4 Å². The summed E-state index contributed by atoms with van der Waals surface area (Å²) in [6.07, 6.45) is 6.55. The van der Waals surface area contributed by atoms with Gasteiger partial charge in [0, 0.05) is 22.6 Å². The molecule has 1 aromatic heterocycles. The third kappa shape index (κ3) is 4.16. The summed E-state index contributed by atoms with van der Waals surface area (Å²) in [5.41, 5.74) is 0.387. The van der Waals surface area contributed by atoms with Crippen LogP contribution in [-0.4, -0.2) is 27.9 Å². The number of nitro benzene ring substituents is 1. The van der Waals surface area contributed by atoms with Crippen molar-refractivity contribution in [3.05, 3.63) is 73.3 Å². The Balaban J connectivity index is 1.88. The Morgan fingerprint density at radius 1 is 1.26 bits per heavy atom. The minimum atomic E-state index is -0.570. The second kappa shape index (κ2) is 8.85. The molecule has 0 saturated heterocycles. The lowest BCUT2D eigenvalue weighted by Crippen LogP contribution is -2.25. The van der Waals surface area contributed by atoms with Crippen LogP contribution in [0.25, 0.3) is 10.9 Å². The maximum Gasteiger partial charge on any atom is 0.313 e. The van der Waals surface area contributed by atoms with E-state index < -0.39 is 4.92 Å². The summed E-state index contributed by atoms with van der Waals surface area (Å²) in [5, 5.41) is 16.4. The highest BCUT2D eigenvalue weighted by Crippen LogP contribution is 2.34. The highest BCUT2D eigenvalue weighted by Gasteiger charge is 2.23. The molecule has 0 aliphatic heterocycles. The maximum atomic E-state index is 13.3. The van der Waals surface area contributed by atoms with E-state index in [1.807, 2.05) is 12.1 Å². The number of hydrogen-bond donors (Lipinski definition) is 0. The number of nitrogens with zero attached hydrogens (tertiary/aromatic N) is 4. The minimum absolute atomic E-state index is 0.0270. The van der Waals surface area contributed by atoms with Crippen LogP contribution < -0.4 is 10.3 Å². The fourth-order valence-corrected chi connectivity index (χ4v) is 4.27. The minimum Gasteiger partial charge on any atom is -0.490 e. The number of benzene rings is 2. The molecule has 0 N–H and O–H groups in total. The van der Waals surface area contributed by atoms with Gasteiger partial charge >= 0.3 is 5.69 Å². The molecule has 31 heavy (non-hydrogen) atoms. The lowest BCUT2D eigenvalue weighted by molar-refractivity contribution is -0.385. The fraction of sp³-hybridized carbons (Fsp3) is 0.318. The van der Waals surface area contributed by atoms with Crippen molar-refractivity contribution in [3.8, 4) is 5.75 Å². The quantitative estimate of drug-likeness (QED) is 0.319. The third-order valence-electron chi connectivity index (χ3n) is 5.53. The molecule has 1 heterocycles. The van der Waals surface area contributed by atoms with Gasteiger partial charge in [-0.05, 0) is 31.0 Å². The Morgan fingerprint density at radius 3 is 2.71 bits per heavy atom. The third-order valence-corrected chi connectivity index (χ3v) is 5.74. The van der Waals surface area contributed by atoms with E-state index in [-0.39, 0.29) is 27.9 Å².